The molecule has 0 fully saturated rings. The van der Waals surface area contributed by atoms with Gasteiger partial charge in [-0.05, 0) is 48.4 Å². The molecule has 0 atom stereocenters. The molecule has 0 aliphatic heterocycles. The summed E-state index contributed by atoms with van der Waals surface area (Å²) < 4.78 is 1.08. The van der Waals surface area contributed by atoms with E-state index >= 15 is 0 Å². The summed E-state index contributed by atoms with van der Waals surface area (Å²) in [4.78, 5) is 1.23. The first kappa shape index (κ1) is 14.9. The Balaban J connectivity index is 2.08. The first-order valence-corrected chi connectivity index (χ1v) is 7.84. The van der Waals surface area contributed by atoms with Crippen LogP contribution in [0.25, 0.3) is 0 Å². The maximum absolute atomic E-state index is 8.68. The Morgan fingerprint density at radius 3 is 2.55 bits per heavy atom. The third-order valence-electron chi connectivity index (χ3n) is 2.95. The molecule has 0 radical (unpaired) electrons. The number of rotatable bonds is 4. The predicted molar refractivity (Wildman–Crippen MR) is 87.4 cm³/mol. The Morgan fingerprint density at radius 1 is 1.25 bits per heavy atom. The van der Waals surface area contributed by atoms with Crippen molar-refractivity contribution < 1.29 is 5.21 Å². The molecule has 104 valence electrons. The summed E-state index contributed by atoms with van der Waals surface area (Å²) in [6.45, 7) is 2.03. The Labute approximate surface area is 131 Å². The van der Waals surface area contributed by atoms with E-state index in [2.05, 4.69) is 33.2 Å². The van der Waals surface area contributed by atoms with E-state index in [1.807, 2.05) is 37.3 Å². The van der Waals surface area contributed by atoms with Gasteiger partial charge < -0.3 is 10.9 Å². The predicted octanol–water partition coefficient (Wildman–Crippen LogP) is 4.14. The molecular formula is C15H15BrN2OS. The lowest BCUT2D eigenvalue weighted by atomic mass is 10.1. The monoisotopic (exact) mass is 350 g/mol. The summed E-state index contributed by atoms with van der Waals surface area (Å²) in [6, 6.07) is 14.1. The molecule has 3 N–H and O–H groups in total. The summed E-state index contributed by atoms with van der Waals surface area (Å²) >= 11 is 5.21. The van der Waals surface area contributed by atoms with Crippen LogP contribution in [0.5, 0.6) is 0 Å². The van der Waals surface area contributed by atoms with E-state index in [-0.39, 0.29) is 5.84 Å². The zero-order chi connectivity index (χ0) is 14.5. The molecule has 0 heterocycles. The van der Waals surface area contributed by atoms with Gasteiger partial charge in [0.25, 0.3) is 0 Å². The van der Waals surface area contributed by atoms with Crippen molar-refractivity contribution in [3.63, 3.8) is 0 Å². The van der Waals surface area contributed by atoms with Crippen LogP contribution in [0.4, 0.5) is 0 Å². The van der Waals surface area contributed by atoms with Crippen LogP contribution < -0.4 is 5.73 Å². The molecule has 0 bridgehead atoms. The van der Waals surface area contributed by atoms with Gasteiger partial charge in [0.2, 0.25) is 0 Å². The van der Waals surface area contributed by atoms with E-state index in [9.17, 15) is 0 Å². The SMILES string of the molecule is Cc1cc(/C(N)=N/O)ccc1CSc1ccc(Br)cc1. The molecule has 20 heavy (non-hydrogen) atoms. The molecule has 0 amide bonds. The standard InChI is InChI=1S/C15H15BrN2OS/c1-10-8-11(15(17)18-19)2-3-12(10)9-20-14-6-4-13(16)5-7-14/h2-8,19H,9H2,1H3,(H2,17,18). The van der Waals surface area contributed by atoms with Crippen LogP contribution in [0.1, 0.15) is 16.7 Å². The Bertz CT molecular complexity index is 626. The van der Waals surface area contributed by atoms with Crippen molar-refractivity contribution in [2.45, 2.75) is 17.6 Å². The van der Waals surface area contributed by atoms with Crippen molar-refractivity contribution in [3.8, 4) is 0 Å². The fourth-order valence-electron chi connectivity index (χ4n) is 1.77. The molecule has 2 aromatic rings. The second-order valence-corrected chi connectivity index (χ2v) is 6.33. The lowest BCUT2D eigenvalue weighted by molar-refractivity contribution is 0.318. The number of thioether (sulfide) groups is 1. The van der Waals surface area contributed by atoms with Gasteiger partial charge in [0.15, 0.2) is 5.84 Å². The minimum atomic E-state index is 0.139. The van der Waals surface area contributed by atoms with Gasteiger partial charge in [0, 0.05) is 20.7 Å². The van der Waals surface area contributed by atoms with Crippen LogP contribution in [-0.2, 0) is 5.75 Å². The zero-order valence-electron chi connectivity index (χ0n) is 11.0. The summed E-state index contributed by atoms with van der Waals surface area (Å²) in [5.41, 5.74) is 8.70. The van der Waals surface area contributed by atoms with Crippen LogP contribution in [0.2, 0.25) is 0 Å². The van der Waals surface area contributed by atoms with Crippen molar-refractivity contribution >= 4 is 33.5 Å². The molecule has 0 aromatic heterocycles. The fraction of sp³-hybridized carbons (Fsp3) is 0.133. The first-order valence-electron chi connectivity index (χ1n) is 6.06. The number of amidine groups is 1. The first-order chi connectivity index (χ1) is 9.60. The number of oxime groups is 1. The average Bonchev–Trinajstić information content (AvgIpc) is 2.46. The number of hydrogen-bond donors (Lipinski definition) is 2. The highest BCUT2D eigenvalue weighted by atomic mass is 79.9. The summed E-state index contributed by atoms with van der Waals surface area (Å²) in [5.74, 6) is 1.03. The van der Waals surface area contributed by atoms with Gasteiger partial charge in [-0.1, -0.05) is 33.2 Å². The van der Waals surface area contributed by atoms with Crippen molar-refractivity contribution in [1.29, 1.82) is 0 Å². The van der Waals surface area contributed by atoms with Crippen LogP contribution in [-0.4, -0.2) is 11.0 Å². The summed E-state index contributed by atoms with van der Waals surface area (Å²) in [6.07, 6.45) is 0. The minimum Gasteiger partial charge on any atom is -0.409 e. The number of halogens is 1. The number of aryl methyl sites for hydroxylation is 1. The lowest BCUT2D eigenvalue weighted by Gasteiger charge is -2.08. The van der Waals surface area contributed by atoms with Gasteiger partial charge in [-0.15, -0.1) is 11.8 Å². The highest BCUT2D eigenvalue weighted by Crippen LogP contribution is 2.26. The van der Waals surface area contributed by atoms with Gasteiger partial charge in [-0.3, -0.25) is 0 Å². The van der Waals surface area contributed by atoms with Gasteiger partial charge in [0.05, 0.1) is 0 Å². The highest BCUT2D eigenvalue weighted by Gasteiger charge is 2.04. The third kappa shape index (κ3) is 3.77. The Kier molecular flexibility index (Phi) is 5.09. The maximum Gasteiger partial charge on any atom is 0.170 e. The quantitative estimate of drug-likeness (QED) is 0.286. The smallest absolute Gasteiger partial charge is 0.170 e. The summed E-state index contributed by atoms with van der Waals surface area (Å²) in [7, 11) is 0. The van der Waals surface area contributed by atoms with Crippen molar-refractivity contribution in [2.24, 2.45) is 10.9 Å². The van der Waals surface area contributed by atoms with E-state index in [1.54, 1.807) is 11.8 Å². The number of benzene rings is 2. The second kappa shape index (κ2) is 6.81. The van der Waals surface area contributed by atoms with E-state index in [0.29, 0.717) is 0 Å². The van der Waals surface area contributed by atoms with Crippen molar-refractivity contribution in [2.75, 3.05) is 0 Å². The molecule has 2 rings (SSSR count). The minimum absolute atomic E-state index is 0.139. The normalized spacial score (nSPS) is 11.6. The number of nitrogens with two attached hydrogens (primary N) is 1. The molecule has 0 saturated heterocycles. The molecule has 0 spiro atoms. The molecule has 5 heteroatoms. The van der Waals surface area contributed by atoms with Crippen molar-refractivity contribution in [1.82, 2.24) is 0 Å². The fourth-order valence-corrected chi connectivity index (χ4v) is 3.01. The van der Waals surface area contributed by atoms with Crippen LogP contribution in [0.15, 0.2) is 57.0 Å². The lowest BCUT2D eigenvalue weighted by Crippen LogP contribution is -2.13. The topological polar surface area (TPSA) is 58.6 Å². The molecule has 2 aromatic carbocycles. The third-order valence-corrected chi connectivity index (χ3v) is 4.54. The molecule has 0 aliphatic carbocycles. The number of hydrogen-bond acceptors (Lipinski definition) is 3. The van der Waals surface area contributed by atoms with Crippen LogP contribution >= 0.6 is 27.7 Å². The second-order valence-electron chi connectivity index (χ2n) is 4.37. The molecule has 0 saturated carbocycles. The van der Waals surface area contributed by atoms with E-state index in [4.69, 9.17) is 10.9 Å². The molecular weight excluding hydrogens is 336 g/mol. The average molecular weight is 351 g/mol. The van der Waals surface area contributed by atoms with Gasteiger partial charge >= 0.3 is 0 Å². The van der Waals surface area contributed by atoms with Crippen molar-refractivity contribution in [3.05, 3.63) is 63.6 Å². The van der Waals surface area contributed by atoms with E-state index in [0.717, 1.165) is 21.4 Å². The van der Waals surface area contributed by atoms with Gasteiger partial charge in [-0.2, -0.15) is 0 Å². The number of nitrogens with zero attached hydrogens (tertiary/aromatic N) is 1. The van der Waals surface area contributed by atoms with Crippen LogP contribution in [0, 0.1) is 6.92 Å². The summed E-state index contributed by atoms with van der Waals surface area (Å²) in [5, 5.41) is 11.7. The maximum atomic E-state index is 8.68. The van der Waals surface area contributed by atoms with E-state index in [1.165, 1.54) is 10.5 Å². The highest BCUT2D eigenvalue weighted by molar-refractivity contribution is 9.10. The van der Waals surface area contributed by atoms with E-state index < -0.39 is 0 Å². The van der Waals surface area contributed by atoms with Gasteiger partial charge in [-0.25, -0.2) is 0 Å². The largest absolute Gasteiger partial charge is 0.409 e. The zero-order valence-corrected chi connectivity index (χ0v) is 13.4. The molecule has 0 aliphatic rings. The molecule has 3 nitrogen and oxygen atoms in total. The molecule has 0 unspecified atom stereocenters. The van der Waals surface area contributed by atoms with Crippen LogP contribution in [0.3, 0.4) is 0 Å². The van der Waals surface area contributed by atoms with Gasteiger partial charge in [0.1, 0.15) is 0 Å². The Hall–Kier alpha value is -1.46. The Morgan fingerprint density at radius 2 is 1.95 bits per heavy atom.